The molecule has 0 aliphatic rings. The molecule has 0 unspecified atom stereocenters. The van der Waals surface area contributed by atoms with Crippen LogP contribution in [0.2, 0.25) is 5.02 Å². The molecule has 0 radical (unpaired) electrons. The lowest BCUT2D eigenvalue weighted by Gasteiger charge is -2.07. The highest BCUT2D eigenvalue weighted by molar-refractivity contribution is 7.14. The fourth-order valence-electron chi connectivity index (χ4n) is 1.92. The smallest absolute Gasteiger partial charge is 0.348 e. The van der Waals surface area contributed by atoms with Gasteiger partial charge in [-0.2, -0.15) is 0 Å². The third-order valence-corrected chi connectivity index (χ3v) is 4.49. The highest BCUT2D eigenvalue weighted by Crippen LogP contribution is 2.23. The number of carbonyl (C=O) groups excluding carboxylic acids is 2. The standard InChI is InChI=1S/C16H16ClNO3S/c1-3-11-8-14(22-10(11)2)16(20)21-9-15(19)18-13-7-5-4-6-12(13)17/h4-8H,3,9H2,1-2H3,(H,18,19). The number of rotatable bonds is 5. The maximum Gasteiger partial charge on any atom is 0.348 e. The fraction of sp³-hybridized carbons (Fsp3) is 0.250. The van der Waals surface area contributed by atoms with E-state index in [1.807, 2.05) is 19.9 Å². The third kappa shape index (κ3) is 4.08. The van der Waals surface area contributed by atoms with Crippen molar-refractivity contribution in [1.82, 2.24) is 0 Å². The van der Waals surface area contributed by atoms with Gasteiger partial charge in [0.05, 0.1) is 10.7 Å². The number of carbonyl (C=O) groups is 2. The van der Waals surface area contributed by atoms with E-state index in [0.29, 0.717) is 15.6 Å². The largest absolute Gasteiger partial charge is 0.451 e. The SMILES string of the molecule is CCc1cc(C(=O)OCC(=O)Nc2ccccc2Cl)sc1C. The number of esters is 1. The molecule has 0 atom stereocenters. The lowest BCUT2D eigenvalue weighted by atomic mass is 10.2. The Hall–Kier alpha value is -1.85. The van der Waals surface area contributed by atoms with E-state index in [1.165, 1.54) is 11.3 Å². The highest BCUT2D eigenvalue weighted by atomic mass is 35.5. The summed E-state index contributed by atoms with van der Waals surface area (Å²) in [5, 5.41) is 3.03. The molecule has 1 heterocycles. The molecule has 0 saturated carbocycles. The number of hydrogen-bond donors (Lipinski definition) is 1. The topological polar surface area (TPSA) is 55.4 Å². The molecule has 1 amide bonds. The maximum absolute atomic E-state index is 11.9. The molecule has 0 aliphatic carbocycles. The minimum atomic E-state index is -0.484. The quantitative estimate of drug-likeness (QED) is 0.837. The second-order valence-corrected chi connectivity index (χ2v) is 6.31. The molecule has 6 heteroatoms. The van der Waals surface area contributed by atoms with Crippen molar-refractivity contribution >= 4 is 40.5 Å². The van der Waals surface area contributed by atoms with E-state index in [1.54, 1.807) is 24.3 Å². The predicted molar refractivity (Wildman–Crippen MR) is 88.8 cm³/mol. The average molecular weight is 338 g/mol. The Balaban J connectivity index is 1.90. The van der Waals surface area contributed by atoms with Crippen LogP contribution in [0, 0.1) is 6.92 Å². The van der Waals surface area contributed by atoms with Gasteiger partial charge < -0.3 is 10.1 Å². The van der Waals surface area contributed by atoms with Gasteiger partial charge in [0.2, 0.25) is 0 Å². The van der Waals surface area contributed by atoms with Gasteiger partial charge in [-0.25, -0.2) is 4.79 Å². The molecule has 1 aromatic heterocycles. The molecular weight excluding hydrogens is 322 g/mol. The summed E-state index contributed by atoms with van der Waals surface area (Å²) < 4.78 is 5.03. The van der Waals surface area contributed by atoms with Crippen molar-refractivity contribution in [1.29, 1.82) is 0 Å². The lowest BCUT2D eigenvalue weighted by molar-refractivity contribution is -0.119. The van der Waals surface area contributed by atoms with Crippen LogP contribution >= 0.6 is 22.9 Å². The van der Waals surface area contributed by atoms with Crippen molar-refractivity contribution in [3.05, 3.63) is 50.7 Å². The van der Waals surface area contributed by atoms with E-state index in [0.717, 1.165) is 16.9 Å². The van der Waals surface area contributed by atoms with E-state index in [4.69, 9.17) is 16.3 Å². The fourth-order valence-corrected chi connectivity index (χ4v) is 3.11. The summed E-state index contributed by atoms with van der Waals surface area (Å²) in [7, 11) is 0. The van der Waals surface area contributed by atoms with Gasteiger partial charge in [0.1, 0.15) is 4.88 Å². The van der Waals surface area contributed by atoms with Crippen molar-refractivity contribution in [2.45, 2.75) is 20.3 Å². The second kappa shape index (κ2) is 7.42. The normalized spacial score (nSPS) is 10.3. The van der Waals surface area contributed by atoms with Crippen LogP contribution in [0.3, 0.4) is 0 Å². The monoisotopic (exact) mass is 337 g/mol. The molecule has 2 aromatic rings. The maximum atomic E-state index is 11.9. The first-order valence-corrected chi connectivity index (χ1v) is 8.01. The Morgan fingerprint density at radius 2 is 2.05 bits per heavy atom. The van der Waals surface area contributed by atoms with Crippen molar-refractivity contribution in [3.8, 4) is 0 Å². The van der Waals surface area contributed by atoms with Crippen LogP contribution in [0.4, 0.5) is 5.69 Å². The van der Waals surface area contributed by atoms with E-state index >= 15 is 0 Å². The lowest BCUT2D eigenvalue weighted by Crippen LogP contribution is -2.20. The summed E-state index contributed by atoms with van der Waals surface area (Å²) in [5.74, 6) is -0.910. The van der Waals surface area contributed by atoms with Crippen LogP contribution in [-0.2, 0) is 16.0 Å². The Morgan fingerprint density at radius 1 is 1.32 bits per heavy atom. The highest BCUT2D eigenvalue weighted by Gasteiger charge is 2.15. The average Bonchev–Trinajstić information content (AvgIpc) is 2.88. The molecule has 0 spiro atoms. The Bertz CT molecular complexity index is 696. The summed E-state index contributed by atoms with van der Waals surface area (Å²) >= 11 is 7.32. The van der Waals surface area contributed by atoms with E-state index < -0.39 is 11.9 Å². The van der Waals surface area contributed by atoms with Crippen LogP contribution < -0.4 is 5.32 Å². The van der Waals surface area contributed by atoms with Crippen molar-refractivity contribution in [2.75, 3.05) is 11.9 Å². The summed E-state index contributed by atoms with van der Waals surface area (Å²) in [5.41, 5.74) is 1.61. The van der Waals surface area contributed by atoms with Gasteiger partial charge in [0.15, 0.2) is 6.61 Å². The van der Waals surface area contributed by atoms with Gasteiger partial charge in [-0.05, 0) is 37.1 Å². The third-order valence-electron chi connectivity index (χ3n) is 3.08. The first kappa shape index (κ1) is 16.5. The number of halogens is 1. The van der Waals surface area contributed by atoms with Crippen molar-refractivity contribution in [3.63, 3.8) is 0 Å². The Labute approximate surface area is 138 Å². The molecule has 116 valence electrons. The Morgan fingerprint density at radius 3 is 2.68 bits per heavy atom. The van der Waals surface area contributed by atoms with Gasteiger partial charge in [-0.15, -0.1) is 11.3 Å². The molecule has 4 nitrogen and oxygen atoms in total. The van der Waals surface area contributed by atoms with Gasteiger partial charge in [0.25, 0.3) is 5.91 Å². The molecule has 0 aliphatic heterocycles. The predicted octanol–water partition coefficient (Wildman–Crippen LogP) is 4.07. The minimum Gasteiger partial charge on any atom is -0.451 e. The number of nitrogens with one attached hydrogen (secondary N) is 1. The van der Waals surface area contributed by atoms with Gasteiger partial charge in [-0.1, -0.05) is 30.7 Å². The molecule has 1 N–H and O–H groups in total. The van der Waals surface area contributed by atoms with Gasteiger partial charge in [0, 0.05) is 4.88 Å². The molecule has 2 rings (SSSR count). The van der Waals surface area contributed by atoms with Crippen LogP contribution in [0.25, 0.3) is 0 Å². The van der Waals surface area contributed by atoms with Crippen molar-refractivity contribution < 1.29 is 14.3 Å². The number of hydrogen-bond acceptors (Lipinski definition) is 4. The molecule has 0 fully saturated rings. The zero-order valence-electron chi connectivity index (χ0n) is 12.3. The number of benzene rings is 1. The van der Waals surface area contributed by atoms with Crippen molar-refractivity contribution in [2.24, 2.45) is 0 Å². The molecule has 22 heavy (non-hydrogen) atoms. The molecule has 0 bridgehead atoms. The van der Waals surface area contributed by atoms with E-state index in [2.05, 4.69) is 5.32 Å². The van der Waals surface area contributed by atoms with Crippen LogP contribution in [0.1, 0.15) is 27.0 Å². The van der Waals surface area contributed by atoms with E-state index in [-0.39, 0.29) is 6.61 Å². The second-order valence-electron chi connectivity index (χ2n) is 4.65. The van der Waals surface area contributed by atoms with Gasteiger partial charge >= 0.3 is 5.97 Å². The van der Waals surface area contributed by atoms with Crippen LogP contribution in [0.5, 0.6) is 0 Å². The number of amides is 1. The molecule has 0 saturated heterocycles. The number of para-hydroxylation sites is 1. The zero-order chi connectivity index (χ0) is 16.1. The summed E-state index contributed by atoms with van der Waals surface area (Å²) in [6.07, 6.45) is 0.864. The zero-order valence-corrected chi connectivity index (χ0v) is 13.9. The minimum absolute atomic E-state index is 0.345. The Kier molecular flexibility index (Phi) is 5.57. The summed E-state index contributed by atoms with van der Waals surface area (Å²) in [4.78, 5) is 25.3. The van der Waals surface area contributed by atoms with Crippen LogP contribution in [0.15, 0.2) is 30.3 Å². The summed E-state index contributed by atoms with van der Waals surface area (Å²) in [6.45, 7) is 3.65. The number of thiophene rings is 1. The molecule has 1 aromatic carbocycles. The number of aryl methyl sites for hydroxylation is 2. The summed E-state index contributed by atoms with van der Waals surface area (Å²) in [6, 6.07) is 8.69. The van der Waals surface area contributed by atoms with Crippen LogP contribution in [-0.4, -0.2) is 18.5 Å². The van der Waals surface area contributed by atoms with E-state index in [9.17, 15) is 9.59 Å². The van der Waals surface area contributed by atoms with Gasteiger partial charge in [-0.3, -0.25) is 4.79 Å². The first-order chi connectivity index (χ1) is 10.5. The molecular formula is C16H16ClNO3S. The number of anilines is 1. The number of ether oxygens (including phenoxy) is 1. The first-order valence-electron chi connectivity index (χ1n) is 6.82.